The van der Waals surface area contributed by atoms with Crippen molar-refractivity contribution in [2.45, 2.75) is 32.6 Å². The maximum Gasteiger partial charge on any atom is 0.240 e. The average molecular weight is 270 g/mol. The Morgan fingerprint density at radius 3 is 2.33 bits per heavy atom. The Kier molecular flexibility index (Phi) is 4.40. The van der Waals surface area contributed by atoms with Gasteiger partial charge in [0.1, 0.15) is 0 Å². The summed E-state index contributed by atoms with van der Waals surface area (Å²) in [7, 11) is -1.97. The van der Waals surface area contributed by atoms with Gasteiger partial charge in [0.25, 0.3) is 0 Å². The molecular weight excluding hydrogens is 248 g/mol. The largest absolute Gasteiger partial charge is 0.384 e. The molecule has 5 heteroatoms. The predicted octanol–water partition coefficient (Wildman–Crippen LogP) is 2.36. The Balaban J connectivity index is 3.02. The Bertz CT molecular complexity index is 516. The Labute approximate surface area is 110 Å². The molecule has 0 aliphatic carbocycles. The fourth-order valence-electron chi connectivity index (χ4n) is 1.48. The van der Waals surface area contributed by atoms with E-state index < -0.39 is 10.0 Å². The van der Waals surface area contributed by atoms with Crippen LogP contribution in [-0.2, 0) is 10.0 Å². The Hall–Kier alpha value is -1.07. The van der Waals surface area contributed by atoms with Gasteiger partial charge in [-0.25, -0.2) is 13.1 Å². The molecule has 0 aromatic heterocycles. The number of hydrogen-bond donors (Lipinski definition) is 2. The van der Waals surface area contributed by atoms with Crippen molar-refractivity contribution in [2.75, 3.05) is 18.9 Å². The molecule has 4 nitrogen and oxygen atoms in total. The molecule has 0 unspecified atom stereocenters. The topological polar surface area (TPSA) is 58.2 Å². The van der Waals surface area contributed by atoms with Gasteiger partial charge in [0.2, 0.25) is 10.0 Å². The molecule has 0 bridgehead atoms. The first kappa shape index (κ1) is 15.0. The minimum atomic E-state index is -3.40. The zero-order chi connectivity index (χ0) is 14.0. The molecule has 2 N–H and O–H groups in total. The van der Waals surface area contributed by atoms with Crippen LogP contribution in [0.15, 0.2) is 23.1 Å². The number of rotatable bonds is 4. The maximum atomic E-state index is 11.8. The van der Waals surface area contributed by atoms with E-state index in [-0.39, 0.29) is 5.41 Å². The van der Waals surface area contributed by atoms with Crippen LogP contribution < -0.4 is 10.0 Å². The summed E-state index contributed by atoms with van der Waals surface area (Å²) < 4.78 is 26.0. The third-order valence-electron chi connectivity index (χ3n) is 2.57. The van der Waals surface area contributed by atoms with Crippen molar-refractivity contribution in [1.29, 1.82) is 0 Å². The van der Waals surface area contributed by atoms with Crippen molar-refractivity contribution >= 4 is 15.7 Å². The lowest BCUT2D eigenvalue weighted by Crippen LogP contribution is -2.21. The van der Waals surface area contributed by atoms with Crippen LogP contribution >= 0.6 is 0 Å². The number of sulfonamides is 1. The molecule has 1 aromatic rings. The molecule has 0 spiro atoms. The lowest BCUT2D eigenvalue weighted by Gasteiger charge is -2.20. The summed E-state index contributed by atoms with van der Waals surface area (Å²) in [6.07, 6.45) is 0. The number of nitrogens with one attached hydrogen (secondary N) is 2. The van der Waals surface area contributed by atoms with Crippen LogP contribution in [0.5, 0.6) is 0 Å². The van der Waals surface area contributed by atoms with Gasteiger partial charge in [-0.3, -0.25) is 0 Å². The smallest absolute Gasteiger partial charge is 0.240 e. The van der Waals surface area contributed by atoms with Gasteiger partial charge in [-0.1, -0.05) is 26.8 Å². The van der Waals surface area contributed by atoms with Crippen LogP contribution in [0, 0.1) is 12.3 Å². The van der Waals surface area contributed by atoms with E-state index in [1.165, 1.54) is 7.05 Å². The zero-order valence-electron chi connectivity index (χ0n) is 11.7. The van der Waals surface area contributed by atoms with Crippen LogP contribution in [0.2, 0.25) is 0 Å². The molecule has 0 saturated carbocycles. The average Bonchev–Trinajstić information content (AvgIpc) is 2.26. The normalized spacial score (nSPS) is 12.5. The summed E-state index contributed by atoms with van der Waals surface area (Å²) in [5.74, 6) is 0. The molecule has 0 amide bonds. The molecule has 0 aliphatic rings. The van der Waals surface area contributed by atoms with Gasteiger partial charge in [0.15, 0.2) is 0 Å². The van der Waals surface area contributed by atoms with Crippen LogP contribution in [-0.4, -0.2) is 22.0 Å². The van der Waals surface area contributed by atoms with Crippen molar-refractivity contribution in [3.05, 3.63) is 23.8 Å². The second kappa shape index (κ2) is 5.28. The highest BCUT2D eigenvalue weighted by Gasteiger charge is 2.16. The molecule has 0 heterocycles. The second-order valence-electron chi connectivity index (χ2n) is 5.60. The lowest BCUT2D eigenvalue weighted by molar-refractivity contribution is 0.443. The van der Waals surface area contributed by atoms with E-state index in [1.807, 2.05) is 12.1 Å². The van der Waals surface area contributed by atoms with Crippen molar-refractivity contribution in [3.63, 3.8) is 0 Å². The van der Waals surface area contributed by atoms with Crippen LogP contribution in [0.4, 0.5) is 5.69 Å². The van der Waals surface area contributed by atoms with Gasteiger partial charge >= 0.3 is 0 Å². The highest BCUT2D eigenvalue weighted by atomic mass is 32.2. The molecule has 0 radical (unpaired) electrons. The molecule has 0 saturated heterocycles. The van der Waals surface area contributed by atoms with Gasteiger partial charge in [-0.2, -0.15) is 0 Å². The van der Waals surface area contributed by atoms with E-state index in [0.29, 0.717) is 4.90 Å². The Morgan fingerprint density at radius 2 is 1.83 bits per heavy atom. The number of anilines is 1. The number of aryl methyl sites for hydroxylation is 1. The second-order valence-corrected chi connectivity index (χ2v) is 7.46. The van der Waals surface area contributed by atoms with Crippen molar-refractivity contribution in [1.82, 2.24) is 4.72 Å². The molecule has 1 rings (SSSR count). The van der Waals surface area contributed by atoms with Crippen molar-refractivity contribution < 1.29 is 8.42 Å². The monoisotopic (exact) mass is 270 g/mol. The highest BCUT2D eigenvalue weighted by Crippen LogP contribution is 2.21. The summed E-state index contributed by atoms with van der Waals surface area (Å²) >= 11 is 0. The standard InChI is InChI=1S/C13H22N2O2S/c1-10-6-7-11(15-9-13(2,3)4)8-12(10)18(16,17)14-5/h6-8,14-15H,9H2,1-5H3. The van der Waals surface area contributed by atoms with Crippen LogP contribution in [0.1, 0.15) is 26.3 Å². The minimum absolute atomic E-state index is 0.146. The SMILES string of the molecule is CNS(=O)(=O)c1cc(NCC(C)(C)C)ccc1C. The van der Waals surface area contributed by atoms with Crippen LogP contribution in [0.25, 0.3) is 0 Å². The van der Waals surface area contributed by atoms with Gasteiger partial charge < -0.3 is 5.32 Å². The van der Waals surface area contributed by atoms with E-state index >= 15 is 0 Å². The Morgan fingerprint density at radius 1 is 1.22 bits per heavy atom. The fourth-order valence-corrected chi connectivity index (χ4v) is 2.47. The quantitative estimate of drug-likeness (QED) is 0.883. The lowest BCUT2D eigenvalue weighted by atomic mass is 9.97. The first-order chi connectivity index (χ1) is 8.15. The van der Waals surface area contributed by atoms with Gasteiger partial charge in [-0.05, 0) is 37.1 Å². The van der Waals surface area contributed by atoms with Gasteiger partial charge in [-0.15, -0.1) is 0 Å². The van der Waals surface area contributed by atoms with E-state index in [9.17, 15) is 8.42 Å². The molecule has 1 aromatic carbocycles. The summed E-state index contributed by atoms with van der Waals surface area (Å²) in [5, 5.41) is 3.26. The minimum Gasteiger partial charge on any atom is -0.384 e. The zero-order valence-corrected chi connectivity index (χ0v) is 12.5. The van der Waals surface area contributed by atoms with E-state index in [2.05, 4.69) is 30.8 Å². The predicted molar refractivity (Wildman–Crippen MR) is 75.4 cm³/mol. The number of benzene rings is 1. The van der Waals surface area contributed by atoms with E-state index in [1.54, 1.807) is 13.0 Å². The summed E-state index contributed by atoms with van der Waals surface area (Å²) in [5.41, 5.74) is 1.71. The first-order valence-corrected chi connectivity index (χ1v) is 7.42. The molecule has 102 valence electrons. The van der Waals surface area contributed by atoms with Gasteiger partial charge in [0.05, 0.1) is 4.90 Å². The molecular formula is C13H22N2O2S. The number of hydrogen-bond acceptors (Lipinski definition) is 3. The summed E-state index contributed by atoms with van der Waals surface area (Å²) in [6, 6.07) is 5.39. The van der Waals surface area contributed by atoms with Gasteiger partial charge in [0, 0.05) is 12.2 Å². The van der Waals surface area contributed by atoms with E-state index in [0.717, 1.165) is 17.8 Å². The highest BCUT2D eigenvalue weighted by molar-refractivity contribution is 7.89. The third kappa shape index (κ3) is 3.99. The van der Waals surface area contributed by atoms with Crippen molar-refractivity contribution in [2.24, 2.45) is 5.41 Å². The molecule has 0 atom stereocenters. The summed E-state index contributed by atoms with van der Waals surface area (Å²) in [4.78, 5) is 0.323. The maximum absolute atomic E-state index is 11.8. The van der Waals surface area contributed by atoms with E-state index in [4.69, 9.17) is 0 Å². The summed E-state index contributed by atoms with van der Waals surface area (Å²) in [6.45, 7) is 8.95. The first-order valence-electron chi connectivity index (χ1n) is 5.94. The molecule has 0 aliphatic heterocycles. The van der Waals surface area contributed by atoms with Crippen molar-refractivity contribution in [3.8, 4) is 0 Å². The molecule has 0 fully saturated rings. The third-order valence-corrected chi connectivity index (χ3v) is 4.13. The van der Waals surface area contributed by atoms with Crippen LogP contribution in [0.3, 0.4) is 0 Å². The molecule has 18 heavy (non-hydrogen) atoms. The fraction of sp³-hybridized carbons (Fsp3) is 0.538.